The number of rotatable bonds is 2. The van der Waals surface area contributed by atoms with E-state index in [2.05, 4.69) is 56.9 Å². The van der Waals surface area contributed by atoms with Crippen molar-refractivity contribution >= 4 is 24.3 Å². The first-order chi connectivity index (χ1) is 7.26. The van der Waals surface area contributed by atoms with Gasteiger partial charge in [0.25, 0.3) is 0 Å². The Morgan fingerprint density at radius 1 is 0.933 bits per heavy atom. The predicted molar refractivity (Wildman–Crippen MR) is 70.8 cm³/mol. The third-order valence-electron chi connectivity index (χ3n) is 2.48. The smallest absolute Gasteiger partial charge is 0.0181 e. The molecule has 0 heterocycles. The van der Waals surface area contributed by atoms with Gasteiger partial charge < -0.3 is 0 Å². The molecule has 0 amide bonds. The van der Waals surface area contributed by atoms with Gasteiger partial charge in [-0.05, 0) is 54.5 Å². The molecule has 0 nitrogen and oxygen atoms in total. The lowest BCUT2D eigenvalue weighted by molar-refractivity contribution is 1.45. The maximum atomic E-state index is 3.85. The fraction of sp³-hybridized carbons (Fsp3) is 0.200. The van der Waals surface area contributed by atoms with Gasteiger partial charge in [0.2, 0.25) is 0 Å². The van der Waals surface area contributed by atoms with Crippen molar-refractivity contribution in [1.82, 2.24) is 0 Å². The van der Waals surface area contributed by atoms with Crippen LogP contribution >= 0.6 is 0 Å². The molecule has 0 aliphatic carbocycles. The Morgan fingerprint density at radius 3 is 1.87 bits per heavy atom. The lowest BCUT2D eigenvalue weighted by Gasteiger charge is -2.01. The molecule has 0 heteroatoms. The van der Waals surface area contributed by atoms with Crippen molar-refractivity contribution in [3.05, 3.63) is 46.4 Å². The summed E-state index contributed by atoms with van der Waals surface area (Å²) >= 11 is 0. The van der Waals surface area contributed by atoms with Crippen LogP contribution in [0.4, 0.5) is 0 Å². The van der Waals surface area contributed by atoms with Crippen LogP contribution < -0.4 is 10.4 Å². The van der Waals surface area contributed by atoms with Crippen LogP contribution in [0.15, 0.2) is 24.8 Å². The quantitative estimate of drug-likeness (QED) is 0.685. The molecule has 1 aromatic carbocycles. The second-order valence-electron chi connectivity index (χ2n) is 3.39. The van der Waals surface area contributed by atoms with E-state index < -0.39 is 0 Å². The van der Waals surface area contributed by atoms with E-state index >= 15 is 0 Å². The second-order valence-corrected chi connectivity index (χ2v) is 3.39. The molecule has 15 heavy (non-hydrogen) atoms. The highest BCUT2D eigenvalue weighted by molar-refractivity contribution is 5.65. The Hall–Kier alpha value is -1.56. The van der Waals surface area contributed by atoms with Crippen molar-refractivity contribution in [2.75, 3.05) is 0 Å². The van der Waals surface area contributed by atoms with Crippen LogP contribution in [-0.4, -0.2) is 0 Å². The Bertz CT molecular complexity index is 488. The third kappa shape index (κ3) is 2.47. The molecule has 0 aliphatic rings. The van der Waals surface area contributed by atoms with Gasteiger partial charge in [-0.3, -0.25) is 0 Å². The van der Waals surface area contributed by atoms with Gasteiger partial charge >= 0.3 is 0 Å². The van der Waals surface area contributed by atoms with E-state index in [9.17, 15) is 0 Å². The molecule has 0 unspecified atom stereocenters. The fourth-order valence-electron chi connectivity index (χ4n) is 1.67. The molecule has 78 valence electrons. The molecule has 0 aromatic heterocycles. The van der Waals surface area contributed by atoms with E-state index in [0.717, 1.165) is 0 Å². The van der Waals surface area contributed by atoms with Gasteiger partial charge in [-0.2, -0.15) is 0 Å². The van der Waals surface area contributed by atoms with Crippen LogP contribution in [0.25, 0.3) is 24.3 Å². The highest BCUT2D eigenvalue weighted by Crippen LogP contribution is 2.07. The summed E-state index contributed by atoms with van der Waals surface area (Å²) < 4.78 is 0. The molecule has 0 bridgehead atoms. The molecule has 1 rings (SSSR count). The van der Waals surface area contributed by atoms with Crippen molar-refractivity contribution in [3.63, 3.8) is 0 Å². The van der Waals surface area contributed by atoms with Crippen LogP contribution in [-0.2, 0) is 0 Å². The van der Waals surface area contributed by atoms with E-state index in [1.54, 1.807) is 0 Å². The monoisotopic (exact) mass is 198 g/mol. The fourth-order valence-corrected chi connectivity index (χ4v) is 1.67. The number of allylic oxidation sites excluding steroid dienone is 1. The molecule has 0 aliphatic heterocycles. The van der Waals surface area contributed by atoms with Crippen LogP contribution in [0.5, 0.6) is 0 Å². The normalized spacial score (nSPS) is 13.8. The maximum Gasteiger partial charge on any atom is -0.0181 e. The Labute approximate surface area is 92.0 Å². The number of hydrogen-bond acceptors (Lipinski definition) is 0. The first-order valence-corrected chi connectivity index (χ1v) is 5.28. The zero-order valence-electron chi connectivity index (χ0n) is 9.75. The maximum absolute atomic E-state index is 3.85. The van der Waals surface area contributed by atoms with Crippen LogP contribution in [0.2, 0.25) is 0 Å². The van der Waals surface area contributed by atoms with Gasteiger partial charge in [-0.1, -0.05) is 37.0 Å². The summed E-state index contributed by atoms with van der Waals surface area (Å²) in [7, 11) is 0. The zero-order chi connectivity index (χ0) is 11.3. The minimum Gasteiger partial charge on any atom is -0.0984 e. The molecule has 0 fully saturated rings. The van der Waals surface area contributed by atoms with Crippen molar-refractivity contribution < 1.29 is 0 Å². The molecule has 0 saturated carbocycles. The molecule has 1 aromatic rings. The average molecular weight is 198 g/mol. The second kappa shape index (κ2) is 5.35. The first-order valence-electron chi connectivity index (χ1n) is 5.28. The number of hydrogen-bond donors (Lipinski definition) is 0. The minimum atomic E-state index is 1.19. The van der Waals surface area contributed by atoms with Gasteiger partial charge in [-0.15, -0.1) is 0 Å². The van der Waals surface area contributed by atoms with Crippen molar-refractivity contribution in [1.29, 1.82) is 0 Å². The summed E-state index contributed by atoms with van der Waals surface area (Å²) in [4.78, 5) is 0. The van der Waals surface area contributed by atoms with Gasteiger partial charge in [0.1, 0.15) is 0 Å². The SMILES string of the molecule is C=Cc1cc(=C/C)/c(=C\C)cc1/C=C\C. The summed E-state index contributed by atoms with van der Waals surface area (Å²) in [6, 6.07) is 4.38. The van der Waals surface area contributed by atoms with Crippen LogP contribution in [0, 0.1) is 0 Å². The van der Waals surface area contributed by atoms with E-state index in [0.29, 0.717) is 0 Å². The topological polar surface area (TPSA) is 0 Å². The molecular formula is C15H18. The summed E-state index contributed by atoms with van der Waals surface area (Å²) in [5.74, 6) is 0. The molecular weight excluding hydrogens is 180 g/mol. The van der Waals surface area contributed by atoms with Gasteiger partial charge in [0.05, 0.1) is 0 Å². The lowest BCUT2D eigenvalue weighted by atomic mass is 10.0. The predicted octanol–water partition coefficient (Wildman–Crippen LogP) is 2.96. The Morgan fingerprint density at radius 2 is 1.47 bits per heavy atom. The summed E-state index contributed by atoms with van der Waals surface area (Å²) in [5.41, 5.74) is 2.41. The van der Waals surface area contributed by atoms with E-state index in [-0.39, 0.29) is 0 Å². The zero-order valence-corrected chi connectivity index (χ0v) is 9.75. The highest BCUT2D eigenvalue weighted by Gasteiger charge is 1.95. The summed E-state index contributed by atoms with van der Waals surface area (Å²) in [6.07, 6.45) is 10.3. The lowest BCUT2D eigenvalue weighted by Crippen LogP contribution is -2.24. The van der Waals surface area contributed by atoms with Crippen LogP contribution in [0.3, 0.4) is 0 Å². The molecule has 0 spiro atoms. The van der Waals surface area contributed by atoms with E-state index in [4.69, 9.17) is 0 Å². The van der Waals surface area contributed by atoms with E-state index in [1.165, 1.54) is 21.6 Å². The van der Waals surface area contributed by atoms with Crippen molar-refractivity contribution in [2.45, 2.75) is 20.8 Å². The molecule has 0 N–H and O–H groups in total. The van der Waals surface area contributed by atoms with Gasteiger partial charge in [0, 0.05) is 0 Å². The van der Waals surface area contributed by atoms with Crippen LogP contribution in [0.1, 0.15) is 31.9 Å². The van der Waals surface area contributed by atoms with Crippen molar-refractivity contribution in [2.24, 2.45) is 0 Å². The summed E-state index contributed by atoms with van der Waals surface area (Å²) in [5, 5.41) is 2.54. The summed E-state index contributed by atoms with van der Waals surface area (Å²) in [6.45, 7) is 10.0. The van der Waals surface area contributed by atoms with Gasteiger partial charge in [0.15, 0.2) is 0 Å². The average Bonchev–Trinajstić information content (AvgIpc) is 2.28. The Kier molecular flexibility index (Phi) is 4.11. The Balaban J connectivity index is 3.64. The van der Waals surface area contributed by atoms with E-state index in [1.807, 2.05) is 13.0 Å². The molecule has 0 atom stereocenters. The molecule has 0 radical (unpaired) electrons. The van der Waals surface area contributed by atoms with Crippen molar-refractivity contribution in [3.8, 4) is 0 Å². The minimum absolute atomic E-state index is 1.19. The first kappa shape index (κ1) is 11.5. The number of benzene rings is 1. The van der Waals surface area contributed by atoms with Gasteiger partial charge in [-0.25, -0.2) is 0 Å². The largest absolute Gasteiger partial charge is 0.0984 e. The molecule has 0 saturated heterocycles. The third-order valence-corrected chi connectivity index (χ3v) is 2.48. The highest BCUT2D eigenvalue weighted by atomic mass is 14.0. The standard InChI is InChI=1S/C15H18/c1-5-9-15-11-13(7-3)12(6-2)10-14(15)8-4/h5-11H,4H2,1-3H3/b9-5-,12-6-,13-7-.